The van der Waals surface area contributed by atoms with Crippen LogP contribution in [0, 0.1) is 6.92 Å². The maximum absolute atomic E-state index is 14.1. The molecule has 2 aliphatic heterocycles. The third-order valence-electron chi connectivity index (χ3n) is 7.70. The van der Waals surface area contributed by atoms with Crippen LogP contribution >= 0.6 is 0 Å². The summed E-state index contributed by atoms with van der Waals surface area (Å²) in [6.45, 7) is 2.35. The van der Waals surface area contributed by atoms with E-state index >= 15 is 0 Å². The molecule has 6 N–H and O–H groups in total. The van der Waals surface area contributed by atoms with Crippen molar-refractivity contribution in [1.82, 2.24) is 20.1 Å². The summed E-state index contributed by atoms with van der Waals surface area (Å²) in [7, 11) is 0. The first-order valence-electron chi connectivity index (χ1n) is 13.5. The summed E-state index contributed by atoms with van der Waals surface area (Å²) in [5.41, 5.74) is 9.54. The molecule has 0 aliphatic carbocycles. The van der Waals surface area contributed by atoms with Crippen LogP contribution in [-0.2, 0) is 32.1 Å². The third-order valence-corrected chi connectivity index (χ3v) is 7.70. The Bertz CT molecular complexity index is 1530. The number of hydrogen-bond donors (Lipinski definition) is 5. The normalized spacial score (nSPS) is 19.0. The Morgan fingerprint density at radius 2 is 1.85 bits per heavy atom. The van der Waals surface area contributed by atoms with Crippen LogP contribution in [0.1, 0.15) is 36.1 Å². The fourth-order valence-corrected chi connectivity index (χ4v) is 5.72. The molecule has 3 heterocycles. The van der Waals surface area contributed by atoms with Crippen LogP contribution in [0.25, 0.3) is 10.9 Å². The molecule has 214 valence electrons. The lowest BCUT2D eigenvalue weighted by molar-refractivity contribution is -0.144. The van der Waals surface area contributed by atoms with Gasteiger partial charge in [0, 0.05) is 35.2 Å². The van der Waals surface area contributed by atoms with Crippen molar-refractivity contribution in [2.75, 3.05) is 11.9 Å². The predicted molar refractivity (Wildman–Crippen MR) is 150 cm³/mol. The summed E-state index contributed by atoms with van der Waals surface area (Å²) in [6, 6.07) is 11.4. The summed E-state index contributed by atoms with van der Waals surface area (Å²) < 4.78 is 0. The number of carboxylic acids is 1. The smallest absolute Gasteiger partial charge is 0.322 e. The third kappa shape index (κ3) is 5.72. The molecule has 0 bridgehead atoms. The van der Waals surface area contributed by atoms with Crippen molar-refractivity contribution in [3.05, 3.63) is 65.4 Å². The fourth-order valence-electron chi connectivity index (χ4n) is 5.72. The van der Waals surface area contributed by atoms with Gasteiger partial charge in [-0.25, -0.2) is 4.79 Å². The van der Waals surface area contributed by atoms with E-state index in [1.807, 2.05) is 49.4 Å². The number of nitrogens with zero attached hydrogens (tertiary/aromatic N) is 2. The van der Waals surface area contributed by atoms with E-state index in [-0.39, 0.29) is 19.5 Å². The van der Waals surface area contributed by atoms with Gasteiger partial charge in [-0.05, 0) is 49.1 Å². The Balaban J connectivity index is 1.43. The number of likely N-dealkylation sites (tertiary alicyclic amines) is 1. The van der Waals surface area contributed by atoms with E-state index in [9.17, 15) is 24.0 Å². The Morgan fingerprint density at radius 1 is 1.07 bits per heavy atom. The number of benzene rings is 2. The van der Waals surface area contributed by atoms with Crippen molar-refractivity contribution in [2.45, 2.75) is 57.3 Å². The van der Waals surface area contributed by atoms with Gasteiger partial charge in [-0.3, -0.25) is 19.2 Å². The number of rotatable bonds is 7. The Labute approximate surface area is 235 Å². The number of carbonyl (C=O) groups is 5. The number of aliphatic carboxylic acids is 1. The number of aromatic amines is 1. The highest BCUT2D eigenvalue weighted by Crippen LogP contribution is 2.32. The minimum absolute atomic E-state index is 0.158. The number of nitrogens with two attached hydrogens (primary N) is 1. The Kier molecular flexibility index (Phi) is 7.64. The van der Waals surface area contributed by atoms with Gasteiger partial charge >= 0.3 is 12.0 Å². The lowest BCUT2D eigenvalue weighted by Gasteiger charge is -2.38. The quantitative estimate of drug-likeness (QED) is 0.294. The first-order valence-corrected chi connectivity index (χ1v) is 13.5. The predicted octanol–water partition coefficient (Wildman–Crippen LogP) is 1.87. The van der Waals surface area contributed by atoms with Crippen molar-refractivity contribution in [1.29, 1.82) is 0 Å². The molecular formula is C29H32N6O6. The minimum atomic E-state index is -1.40. The molecule has 0 saturated carbocycles. The molecule has 12 heteroatoms. The van der Waals surface area contributed by atoms with E-state index in [0.717, 1.165) is 27.7 Å². The summed E-state index contributed by atoms with van der Waals surface area (Å²) in [5.74, 6) is -3.32. The topological polar surface area (TPSA) is 178 Å². The highest BCUT2D eigenvalue weighted by Gasteiger charge is 2.43. The van der Waals surface area contributed by atoms with Crippen molar-refractivity contribution in [3.63, 3.8) is 0 Å². The SMILES string of the molecule is Cc1cccc(NC(=O)N2Cc3[nH]c4ccccc4c3C[C@@H]2C(=O)N2CCC[C@H]2C(=O)N[C@@H](CC(=O)O)C(N)=O)c1. The minimum Gasteiger partial charge on any atom is -0.481 e. The number of urea groups is 1. The maximum Gasteiger partial charge on any atom is 0.322 e. The van der Waals surface area contributed by atoms with E-state index in [1.54, 1.807) is 6.07 Å². The summed E-state index contributed by atoms with van der Waals surface area (Å²) >= 11 is 0. The van der Waals surface area contributed by atoms with Gasteiger partial charge in [0.25, 0.3) is 0 Å². The van der Waals surface area contributed by atoms with Crippen molar-refractivity contribution < 1.29 is 29.1 Å². The summed E-state index contributed by atoms with van der Waals surface area (Å²) in [6.07, 6.45) is 0.439. The molecule has 5 amide bonds. The van der Waals surface area contributed by atoms with Gasteiger partial charge in [-0.2, -0.15) is 0 Å². The van der Waals surface area contributed by atoms with Crippen molar-refractivity contribution >= 4 is 46.3 Å². The molecule has 1 fully saturated rings. The molecule has 1 aromatic heterocycles. The number of amides is 5. The number of nitrogens with one attached hydrogen (secondary N) is 3. The first kappa shape index (κ1) is 27.7. The second kappa shape index (κ2) is 11.3. The zero-order valence-corrected chi connectivity index (χ0v) is 22.6. The average molecular weight is 561 g/mol. The molecule has 3 aromatic rings. The number of aromatic nitrogens is 1. The Hall–Kier alpha value is -4.87. The molecular weight excluding hydrogens is 528 g/mol. The first-order chi connectivity index (χ1) is 19.6. The lowest BCUT2D eigenvalue weighted by atomic mass is 9.95. The molecule has 0 spiro atoms. The molecule has 12 nitrogen and oxygen atoms in total. The number of carboxylic acid groups (broad SMARTS) is 1. The Morgan fingerprint density at radius 3 is 2.59 bits per heavy atom. The van der Waals surface area contributed by atoms with Crippen LogP contribution in [0.15, 0.2) is 48.5 Å². The zero-order valence-electron chi connectivity index (χ0n) is 22.6. The van der Waals surface area contributed by atoms with Gasteiger partial charge < -0.3 is 36.3 Å². The molecule has 5 rings (SSSR count). The van der Waals surface area contributed by atoms with Crippen LogP contribution < -0.4 is 16.4 Å². The van der Waals surface area contributed by atoms with Gasteiger partial charge in [0.2, 0.25) is 17.7 Å². The molecule has 1 saturated heterocycles. The van der Waals surface area contributed by atoms with Gasteiger partial charge in [-0.1, -0.05) is 30.3 Å². The number of primary amides is 1. The molecule has 3 atom stereocenters. The highest BCUT2D eigenvalue weighted by atomic mass is 16.4. The summed E-state index contributed by atoms with van der Waals surface area (Å²) in [4.78, 5) is 70.1. The fraction of sp³-hybridized carbons (Fsp3) is 0.345. The number of fused-ring (bicyclic) bond motifs is 3. The molecule has 0 radical (unpaired) electrons. The van der Waals surface area contributed by atoms with E-state index < -0.39 is 54.3 Å². The van der Waals surface area contributed by atoms with Gasteiger partial charge in [0.15, 0.2) is 0 Å². The molecule has 0 unspecified atom stereocenters. The molecule has 41 heavy (non-hydrogen) atoms. The lowest BCUT2D eigenvalue weighted by Crippen LogP contribution is -2.58. The maximum atomic E-state index is 14.1. The zero-order chi connectivity index (χ0) is 29.3. The van der Waals surface area contributed by atoms with E-state index in [2.05, 4.69) is 15.6 Å². The van der Waals surface area contributed by atoms with Crippen molar-refractivity contribution in [3.8, 4) is 0 Å². The van der Waals surface area contributed by atoms with Crippen LogP contribution in [0.3, 0.4) is 0 Å². The number of hydrogen-bond acceptors (Lipinski definition) is 5. The second-order valence-corrected chi connectivity index (χ2v) is 10.5. The number of carbonyl (C=O) groups excluding carboxylic acids is 4. The van der Waals surface area contributed by atoms with Gasteiger partial charge in [0.1, 0.15) is 18.1 Å². The largest absolute Gasteiger partial charge is 0.481 e. The highest BCUT2D eigenvalue weighted by molar-refractivity contribution is 5.98. The van der Waals surface area contributed by atoms with E-state index in [4.69, 9.17) is 10.8 Å². The number of H-pyrrole nitrogens is 1. The standard InChI is InChI=1S/C29H32N6O6/c1-16-6-4-7-17(12-16)31-29(41)35-15-22-19(18-8-2-3-9-20(18)32-22)13-24(35)28(40)34-11-5-10-23(34)27(39)33-21(26(30)38)14-25(36)37/h2-4,6-9,12,21,23-24,32H,5,10-11,13-15H2,1H3,(H2,30,38)(H,31,41)(H,33,39)(H,36,37)/t21-,23-,24+/m0/s1. The monoisotopic (exact) mass is 560 g/mol. The van der Waals surface area contributed by atoms with Crippen LogP contribution in [0.5, 0.6) is 0 Å². The van der Waals surface area contributed by atoms with Crippen LogP contribution in [0.4, 0.5) is 10.5 Å². The van der Waals surface area contributed by atoms with E-state index in [0.29, 0.717) is 18.5 Å². The van der Waals surface area contributed by atoms with Crippen LogP contribution in [-0.4, -0.2) is 74.3 Å². The van der Waals surface area contributed by atoms with Gasteiger partial charge in [0.05, 0.1) is 13.0 Å². The number of para-hydroxylation sites is 1. The number of aryl methyl sites for hydroxylation is 1. The van der Waals surface area contributed by atoms with E-state index in [1.165, 1.54) is 9.80 Å². The summed E-state index contributed by atoms with van der Waals surface area (Å²) in [5, 5.41) is 15.4. The molecule has 2 aliphatic rings. The van der Waals surface area contributed by atoms with Gasteiger partial charge in [-0.15, -0.1) is 0 Å². The average Bonchev–Trinajstić information content (AvgIpc) is 3.56. The van der Waals surface area contributed by atoms with Crippen molar-refractivity contribution in [2.24, 2.45) is 5.73 Å². The molecule has 2 aromatic carbocycles. The van der Waals surface area contributed by atoms with Crippen LogP contribution in [0.2, 0.25) is 0 Å². The number of anilines is 1. The second-order valence-electron chi connectivity index (χ2n) is 10.5.